The summed E-state index contributed by atoms with van der Waals surface area (Å²) >= 11 is 0. The first kappa shape index (κ1) is 13.3. The van der Waals surface area contributed by atoms with Crippen LogP contribution < -0.4 is 0 Å². The molecule has 0 bridgehead atoms. The van der Waals surface area contributed by atoms with Crippen molar-refractivity contribution in [3.63, 3.8) is 0 Å². The van der Waals surface area contributed by atoms with E-state index < -0.39 is 18.4 Å². The zero-order valence-electron chi connectivity index (χ0n) is 9.83. The van der Waals surface area contributed by atoms with Gasteiger partial charge in [-0.3, -0.25) is 4.90 Å². The summed E-state index contributed by atoms with van der Waals surface area (Å²) < 4.78 is 52.1. The molecule has 100 valence electrons. The molecule has 1 aromatic carbocycles. The second-order valence-corrected chi connectivity index (χ2v) is 4.60. The fourth-order valence-corrected chi connectivity index (χ4v) is 2.42. The van der Waals surface area contributed by atoms with Gasteiger partial charge in [0.05, 0.1) is 0 Å². The van der Waals surface area contributed by atoms with E-state index >= 15 is 0 Å². The highest BCUT2D eigenvalue weighted by Gasteiger charge is 2.50. The third-order valence-corrected chi connectivity index (χ3v) is 3.23. The summed E-state index contributed by atoms with van der Waals surface area (Å²) in [4.78, 5) is 1.20. The molecule has 2 rings (SSSR count). The molecule has 0 saturated carbocycles. The standard InChI is InChI=1S/C13H15F4N/c14-11-7-4-8-18(12(11)13(15,16)17)9-10-5-2-1-3-6-10/h1-3,5-6,11-12H,4,7-9H2/t11-,12+/m1/s1. The predicted molar refractivity (Wildman–Crippen MR) is 60.8 cm³/mol. The molecule has 0 unspecified atom stereocenters. The number of benzene rings is 1. The van der Waals surface area contributed by atoms with Gasteiger partial charge in [-0.1, -0.05) is 30.3 Å². The Kier molecular flexibility index (Phi) is 3.90. The van der Waals surface area contributed by atoms with Crippen molar-refractivity contribution in [1.82, 2.24) is 4.90 Å². The summed E-state index contributed by atoms with van der Waals surface area (Å²) in [7, 11) is 0. The van der Waals surface area contributed by atoms with Gasteiger partial charge < -0.3 is 0 Å². The van der Waals surface area contributed by atoms with Crippen LogP contribution in [0.25, 0.3) is 0 Å². The smallest absolute Gasteiger partial charge is 0.286 e. The van der Waals surface area contributed by atoms with E-state index in [2.05, 4.69) is 0 Å². The molecule has 2 atom stereocenters. The molecule has 1 aliphatic heterocycles. The number of hydrogen-bond acceptors (Lipinski definition) is 1. The minimum absolute atomic E-state index is 0.00450. The van der Waals surface area contributed by atoms with Crippen molar-refractivity contribution in [2.24, 2.45) is 0 Å². The van der Waals surface area contributed by atoms with Crippen molar-refractivity contribution in [3.8, 4) is 0 Å². The van der Waals surface area contributed by atoms with Crippen LogP contribution in [0.2, 0.25) is 0 Å². The molecule has 0 amide bonds. The van der Waals surface area contributed by atoms with Crippen LogP contribution in [0.5, 0.6) is 0 Å². The number of hydrogen-bond donors (Lipinski definition) is 0. The molecule has 5 heteroatoms. The van der Waals surface area contributed by atoms with Gasteiger partial charge in [0.1, 0.15) is 12.2 Å². The van der Waals surface area contributed by atoms with Crippen LogP contribution >= 0.6 is 0 Å². The third kappa shape index (κ3) is 3.02. The van der Waals surface area contributed by atoms with Gasteiger partial charge in [0.2, 0.25) is 0 Å². The minimum Gasteiger partial charge on any atom is -0.286 e. The maximum atomic E-state index is 13.5. The average molecular weight is 261 g/mol. The fourth-order valence-electron chi connectivity index (χ4n) is 2.42. The maximum absolute atomic E-state index is 13.5. The third-order valence-electron chi connectivity index (χ3n) is 3.23. The molecule has 1 aromatic rings. The first-order valence-corrected chi connectivity index (χ1v) is 5.97. The van der Waals surface area contributed by atoms with E-state index in [9.17, 15) is 17.6 Å². The van der Waals surface area contributed by atoms with Gasteiger partial charge in [-0.05, 0) is 24.9 Å². The van der Waals surface area contributed by atoms with Gasteiger partial charge >= 0.3 is 6.18 Å². The van der Waals surface area contributed by atoms with Crippen LogP contribution in [-0.2, 0) is 6.54 Å². The Morgan fingerprint density at radius 3 is 2.44 bits per heavy atom. The first-order valence-electron chi connectivity index (χ1n) is 5.97. The van der Waals surface area contributed by atoms with Crippen molar-refractivity contribution in [2.75, 3.05) is 6.54 Å². The highest BCUT2D eigenvalue weighted by molar-refractivity contribution is 5.15. The van der Waals surface area contributed by atoms with E-state index in [-0.39, 0.29) is 13.0 Å². The van der Waals surface area contributed by atoms with Crippen LogP contribution in [-0.4, -0.2) is 29.8 Å². The molecular weight excluding hydrogens is 246 g/mol. The van der Waals surface area contributed by atoms with Crippen molar-refractivity contribution in [1.29, 1.82) is 0 Å². The molecule has 0 radical (unpaired) electrons. The van der Waals surface area contributed by atoms with E-state index in [1.807, 2.05) is 0 Å². The van der Waals surface area contributed by atoms with Gasteiger partial charge in [-0.25, -0.2) is 4.39 Å². The normalized spacial score (nSPS) is 26.2. The summed E-state index contributed by atoms with van der Waals surface area (Å²) in [5.74, 6) is 0. The topological polar surface area (TPSA) is 3.24 Å². The van der Waals surface area contributed by atoms with Gasteiger partial charge in [0.25, 0.3) is 0 Å². The number of halogens is 4. The van der Waals surface area contributed by atoms with E-state index in [1.165, 1.54) is 4.90 Å². The Hall–Kier alpha value is -1.10. The van der Waals surface area contributed by atoms with Crippen LogP contribution in [0.15, 0.2) is 30.3 Å². The fraction of sp³-hybridized carbons (Fsp3) is 0.538. The molecule has 1 nitrogen and oxygen atoms in total. The molecule has 0 aliphatic carbocycles. The summed E-state index contributed by atoms with van der Waals surface area (Å²) in [6.07, 6.45) is -5.85. The number of alkyl halides is 4. The van der Waals surface area contributed by atoms with Gasteiger partial charge in [0.15, 0.2) is 0 Å². The van der Waals surface area contributed by atoms with E-state index in [4.69, 9.17) is 0 Å². The van der Waals surface area contributed by atoms with E-state index in [0.717, 1.165) is 5.56 Å². The Morgan fingerprint density at radius 2 is 1.83 bits per heavy atom. The Labute approximate surface area is 103 Å². The first-order chi connectivity index (χ1) is 8.48. The van der Waals surface area contributed by atoms with Gasteiger partial charge in [0, 0.05) is 6.54 Å². The monoisotopic (exact) mass is 261 g/mol. The van der Waals surface area contributed by atoms with Crippen molar-refractivity contribution >= 4 is 0 Å². The van der Waals surface area contributed by atoms with E-state index in [1.54, 1.807) is 30.3 Å². The molecular formula is C13H15F4N. The predicted octanol–water partition coefficient (Wildman–Crippen LogP) is 3.55. The largest absolute Gasteiger partial charge is 0.406 e. The highest BCUT2D eigenvalue weighted by atomic mass is 19.4. The quantitative estimate of drug-likeness (QED) is 0.736. The summed E-state index contributed by atoms with van der Waals surface area (Å²) in [6, 6.07) is 6.90. The lowest BCUT2D eigenvalue weighted by Gasteiger charge is -2.38. The lowest BCUT2D eigenvalue weighted by molar-refractivity contribution is -0.209. The summed E-state index contributed by atoms with van der Waals surface area (Å²) in [5.41, 5.74) is 0.779. The Balaban J connectivity index is 2.14. The molecule has 1 aliphatic rings. The molecule has 1 heterocycles. The van der Waals surface area contributed by atoms with Crippen molar-refractivity contribution in [2.45, 2.75) is 37.8 Å². The zero-order valence-corrected chi connectivity index (χ0v) is 9.83. The number of likely N-dealkylation sites (tertiary alicyclic amines) is 1. The summed E-state index contributed by atoms with van der Waals surface area (Å²) in [6.45, 7) is 0.435. The molecule has 1 saturated heterocycles. The lowest BCUT2D eigenvalue weighted by Crippen LogP contribution is -2.54. The summed E-state index contributed by atoms with van der Waals surface area (Å²) in [5, 5.41) is 0. The van der Waals surface area contributed by atoms with Crippen LogP contribution in [0.3, 0.4) is 0 Å². The van der Waals surface area contributed by atoms with Crippen molar-refractivity contribution in [3.05, 3.63) is 35.9 Å². The number of nitrogens with zero attached hydrogens (tertiary/aromatic N) is 1. The Bertz CT molecular complexity index is 376. The molecule has 0 spiro atoms. The Morgan fingerprint density at radius 1 is 1.17 bits per heavy atom. The maximum Gasteiger partial charge on any atom is 0.406 e. The lowest BCUT2D eigenvalue weighted by atomic mass is 9.98. The zero-order chi connectivity index (χ0) is 13.2. The molecule has 18 heavy (non-hydrogen) atoms. The molecule has 1 fully saturated rings. The highest BCUT2D eigenvalue weighted by Crippen LogP contribution is 2.34. The molecule has 0 aromatic heterocycles. The average Bonchev–Trinajstić information content (AvgIpc) is 2.28. The van der Waals surface area contributed by atoms with Crippen LogP contribution in [0.4, 0.5) is 17.6 Å². The number of rotatable bonds is 2. The second kappa shape index (κ2) is 5.26. The number of piperidine rings is 1. The van der Waals surface area contributed by atoms with Crippen molar-refractivity contribution < 1.29 is 17.6 Å². The second-order valence-electron chi connectivity index (χ2n) is 4.60. The van der Waals surface area contributed by atoms with Crippen LogP contribution in [0.1, 0.15) is 18.4 Å². The molecule has 0 N–H and O–H groups in total. The van der Waals surface area contributed by atoms with E-state index in [0.29, 0.717) is 13.0 Å². The van der Waals surface area contributed by atoms with Crippen LogP contribution in [0, 0.1) is 0 Å². The van der Waals surface area contributed by atoms with Gasteiger partial charge in [-0.15, -0.1) is 0 Å². The SMILES string of the molecule is F[C@@H]1CCCN(Cc2ccccc2)[C@@H]1C(F)(F)F. The van der Waals surface area contributed by atoms with Gasteiger partial charge in [-0.2, -0.15) is 13.2 Å². The minimum atomic E-state index is -4.51.